The minimum absolute atomic E-state index is 0.00740. The van der Waals surface area contributed by atoms with Crippen molar-refractivity contribution in [3.8, 4) is 11.1 Å². The smallest absolute Gasteiger partial charge is 0.301 e. The fourth-order valence-corrected chi connectivity index (χ4v) is 12.6. The molecule has 14 nitrogen and oxygen atoms in total. The molecule has 3 N–H and O–H groups in total. The lowest BCUT2D eigenvalue weighted by atomic mass is 9.66. The van der Waals surface area contributed by atoms with Crippen molar-refractivity contribution in [1.82, 2.24) is 29.4 Å². The molecule has 2 aromatic heterocycles. The van der Waals surface area contributed by atoms with Crippen molar-refractivity contribution in [1.29, 1.82) is 0 Å². The van der Waals surface area contributed by atoms with Crippen LogP contribution in [0.25, 0.3) is 22.2 Å². The first-order valence-corrected chi connectivity index (χ1v) is 24.8. The van der Waals surface area contributed by atoms with Crippen LogP contribution in [0.3, 0.4) is 0 Å². The van der Waals surface area contributed by atoms with Crippen LogP contribution < -0.4 is 19.8 Å². The van der Waals surface area contributed by atoms with E-state index in [1.54, 1.807) is 17.2 Å². The number of amides is 2. The van der Waals surface area contributed by atoms with E-state index in [4.69, 9.17) is 0 Å². The van der Waals surface area contributed by atoms with Gasteiger partial charge in [0, 0.05) is 122 Å². The molecule has 6 aliphatic rings. The van der Waals surface area contributed by atoms with Gasteiger partial charge in [-0.15, -0.1) is 0 Å². The number of likely N-dealkylation sites (tertiary alicyclic amines) is 1. The van der Waals surface area contributed by atoms with Crippen molar-refractivity contribution in [2.45, 2.75) is 63.8 Å². The molecule has 3 aromatic carbocycles. The average Bonchev–Trinajstić information content (AvgIpc) is 4.04. The van der Waals surface area contributed by atoms with Crippen molar-refractivity contribution in [2.75, 3.05) is 66.9 Å². The normalized spacial score (nSPS) is 23.3. The number of aromatic amines is 1. The largest absolute Gasteiger partial charge is 0.372 e. The van der Waals surface area contributed by atoms with Crippen LogP contribution in [0.2, 0.25) is 0 Å². The second kappa shape index (κ2) is 16.8. The third-order valence-corrected chi connectivity index (χ3v) is 16.8. The SMILES string of the molecule is C=C1CCC(N2Cc3cc(N4CCC(CN5CC6(C5)CN(c5ccc(-c7cnc8[nH]cc(C(=O)c9c(F)ccc(NS(=O)(=O)N%10CC[C@@H](F)C%10)c9F)c8c7)cc5)[C@H]6C)CC4)ccc3C2=O)C(=O)N1. The van der Waals surface area contributed by atoms with Crippen molar-refractivity contribution in [3.63, 3.8) is 0 Å². The number of ketones is 1. The molecule has 0 aliphatic carbocycles. The molecule has 18 heteroatoms. The van der Waals surface area contributed by atoms with Gasteiger partial charge < -0.3 is 29.9 Å². The van der Waals surface area contributed by atoms with E-state index in [1.165, 1.54) is 6.20 Å². The monoisotopic (exact) mass is 947 g/mol. The summed E-state index contributed by atoms with van der Waals surface area (Å²) in [6.07, 6.45) is 5.14. The Morgan fingerprint density at radius 1 is 0.926 bits per heavy atom. The molecule has 0 saturated carbocycles. The van der Waals surface area contributed by atoms with Crippen LogP contribution in [0.5, 0.6) is 0 Å². The van der Waals surface area contributed by atoms with E-state index in [0.717, 1.165) is 91.0 Å². The van der Waals surface area contributed by atoms with Crippen molar-refractivity contribution in [3.05, 3.63) is 119 Å². The Hall–Kier alpha value is -6.24. The van der Waals surface area contributed by atoms with Crippen molar-refractivity contribution >= 4 is 55.9 Å². The van der Waals surface area contributed by atoms with Crippen LogP contribution in [0.1, 0.15) is 70.9 Å². The summed E-state index contributed by atoms with van der Waals surface area (Å²) >= 11 is 0. The molecule has 2 amide bonds. The number of anilines is 3. The van der Waals surface area contributed by atoms with Crippen LogP contribution in [0.15, 0.2) is 85.3 Å². The first-order chi connectivity index (χ1) is 32.6. The molecule has 1 spiro atoms. The molecule has 0 bridgehead atoms. The van der Waals surface area contributed by atoms with Gasteiger partial charge in [0.05, 0.1) is 11.3 Å². The number of fused-ring (bicyclic) bond motifs is 2. The molecule has 68 heavy (non-hydrogen) atoms. The molecule has 8 heterocycles. The summed E-state index contributed by atoms with van der Waals surface area (Å²) < 4.78 is 73.2. The van der Waals surface area contributed by atoms with E-state index in [1.807, 2.05) is 18.2 Å². The predicted molar refractivity (Wildman–Crippen MR) is 252 cm³/mol. The summed E-state index contributed by atoms with van der Waals surface area (Å²) in [6.45, 7) is 12.3. The first kappa shape index (κ1) is 44.3. The summed E-state index contributed by atoms with van der Waals surface area (Å²) in [5.41, 5.74) is 5.16. The van der Waals surface area contributed by atoms with Gasteiger partial charge in [-0.1, -0.05) is 18.7 Å². The number of piperidine rings is 2. The van der Waals surface area contributed by atoms with Crippen LogP contribution in [-0.2, 0) is 21.5 Å². The van der Waals surface area contributed by atoms with Gasteiger partial charge in [-0.3, -0.25) is 19.1 Å². The number of nitrogens with one attached hydrogen (secondary N) is 3. The Morgan fingerprint density at radius 2 is 1.69 bits per heavy atom. The topological polar surface area (TPSA) is 154 Å². The molecule has 3 atom stereocenters. The Balaban J connectivity index is 0.682. The van der Waals surface area contributed by atoms with Gasteiger partial charge in [-0.25, -0.2) is 18.2 Å². The maximum Gasteiger partial charge on any atom is 0.301 e. The summed E-state index contributed by atoms with van der Waals surface area (Å²) in [7, 11) is -4.35. The van der Waals surface area contributed by atoms with Crippen LogP contribution in [0.4, 0.5) is 30.2 Å². The highest BCUT2D eigenvalue weighted by Gasteiger charge is 2.57. The Labute approximate surface area is 392 Å². The van der Waals surface area contributed by atoms with Crippen LogP contribution >= 0.6 is 0 Å². The molecule has 1 unspecified atom stereocenters. The van der Waals surface area contributed by atoms with E-state index >= 15 is 8.78 Å². The highest BCUT2D eigenvalue weighted by Crippen LogP contribution is 2.48. The zero-order valence-electron chi connectivity index (χ0n) is 37.6. The molecule has 11 rings (SSSR count). The number of hydrogen-bond donors (Lipinski definition) is 3. The number of hydrogen-bond acceptors (Lipinski definition) is 9. The number of rotatable bonds is 11. The lowest BCUT2D eigenvalue weighted by Gasteiger charge is -2.66. The molecule has 0 radical (unpaired) electrons. The molecular weight excluding hydrogens is 896 g/mol. The summed E-state index contributed by atoms with van der Waals surface area (Å²) in [4.78, 5) is 56.2. The lowest BCUT2D eigenvalue weighted by Crippen LogP contribution is -2.77. The maximum absolute atomic E-state index is 15.8. The number of benzene rings is 3. The van der Waals surface area contributed by atoms with Gasteiger partial charge in [0.1, 0.15) is 23.7 Å². The Bertz CT molecular complexity index is 3010. The third-order valence-electron chi connectivity index (χ3n) is 15.3. The zero-order valence-corrected chi connectivity index (χ0v) is 38.4. The minimum atomic E-state index is -4.35. The van der Waals surface area contributed by atoms with Crippen molar-refractivity contribution in [2.24, 2.45) is 11.3 Å². The van der Waals surface area contributed by atoms with Crippen molar-refractivity contribution < 1.29 is 36.0 Å². The second-order valence-corrected chi connectivity index (χ2v) is 21.2. The number of carbonyl (C=O) groups excluding carboxylic acids is 3. The highest BCUT2D eigenvalue weighted by atomic mass is 32.2. The van der Waals surface area contributed by atoms with Gasteiger partial charge in [0.2, 0.25) is 11.7 Å². The Kier molecular flexibility index (Phi) is 10.9. The van der Waals surface area contributed by atoms with E-state index in [9.17, 15) is 27.2 Å². The molecule has 5 fully saturated rings. The summed E-state index contributed by atoms with van der Waals surface area (Å²) in [5.74, 6) is -3.13. The number of aromatic nitrogens is 2. The Morgan fingerprint density at radius 3 is 2.41 bits per heavy atom. The van der Waals surface area contributed by atoms with Gasteiger partial charge in [-0.05, 0) is 105 Å². The molecule has 6 aliphatic heterocycles. The second-order valence-electron chi connectivity index (χ2n) is 19.5. The third kappa shape index (κ3) is 7.69. The molecule has 354 valence electrons. The number of H-pyrrole nitrogens is 1. The quantitative estimate of drug-likeness (QED) is 0.124. The average molecular weight is 948 g/mol. The van der Waals surface area contributed by atoms with Gasteiger partial charge in [-0.2, -0.15) is 12.7 Å². The number of pyridine rings is 1. The fraction of sp³-hybridized carbons (Fsp3) is 0.400. The van der Waals surface area contributed by atoms with E-state index in [2.05, 4.69) is 72.5 Å². The minimum Gasteiger partial charge on any atom is -0.372 e. The number of allylic oxidation sites excluding steroid dienone is 1. The molecule has 5 saturated heterocycles. The number of nitrogens with zero attached hydrogens (tertiary/aromatic N) is 6. The van der Waals surface area contributed by atoms with Crippen LogP contribution in [-0.4, -0.2) is 121 Å². The number of alkyl halides is 1. The van der Waals surface area contributed by atoms with Crippen LogP contribution in [0, 0.1) is 23.0 Å². The van der Waals surface area contributed by atoms with Gasteiger partial charge in [0.15, 0.2) is 5.82 Å². The maximum atomic E-state index is 15.8. The van der Waals surface area contributed by atoms with Gasteiger partial charge in [0.25, 0.3) is 5.91 Å². The fourth-order valence-electron chi connectivity index (χ4n) is 11.3. The molecular formula is C50H52F3N9O5S. The summed E-state index contributed by atoms with van der Waals surface area (Å²) in [5, 5.41) is 3.16. The van der Waals surface area contributed by atoms with Gasteiger partial charge >= 0.3 is 10.2 Å². The number of halogens is 3. The standard InChI is InChI=1S/C50H52F3N9O5S/c1-29-3-12-43(48(64)56-29)61-24-34-19-37(8-9-38(34)49(61)65)59-16-13-31(14-17-59)23-58-26-50(27-58)28-62(30(50)2)36-6-4-32(5-7-36)33-20-39-40(22-55-47(39)54-21-33)46(63)44-41(52)10-11-42(45(44)53)57-68(66,67)60-18-15-35(51)25-60/h4-11,19-22,30-31,35,43,57H,1,3,12-18,23-28H2,2H3,(H,54,55)(H,56,64)/t30-,35+,43?/m0/s1. The van der Waals surface area contributed by atoms with E-state index < -0.39 is 51.1 Å². The highest BCUT2D eigenvalue weighted by molar-refractivity contribution is 7.90. The predicted octanol–water partition coefficient (Wildman–Crippen LogP) is 6.61. The first-order valence-electron chi connectivity index (χ1n) is 23.3. The number of carbonyl (C=O) groups is 3. The zero-order chi connectivity index (χ0) is 47.2. The lowest BCUT2D eigenvalue weighted by molar-refractivity contribution is -0.126. The van der Waals surface area contributed by atoms with E-state index in [0.29, 0.717) is 59.2 Å². The summed E-state index contributed by atoms with van der Waals surface area (Å²) in [6, 6.07) is 17.6. The van der Waals surface area contributed by atoms with E-state index in [-0.39, 0.29) is 42.3 Å². The molecule has 5 aromatic rings.